The lowest BCUT2D eigenvalue weighted by Gasteiger charge is -2.08. The highest BCUT2D eigenvalue weighted by Crippen LogP contribution is 2.17. The van der Waals surface area contributed by atoms with Gasteiger partial charge in [-0.05, 0) is 36.2 Å². The summed E-state index contributed by atoms with van der Waals surface area (Å²) in [6, 6.07) is 7.98. The van der Waals surface area contributed by atoms with Crippen LogP contribution in [0.5, 0.6) is 0 Å². The number of carbonyl (C=O) groups excluding carboxylic acids is 1. The van der Waals surface area contributed by atoms with E-state index in [0.717, 1.165) is 5.56 Å². The molecule has 0 saturated heterocycles. The van der Waals surface area contributed by atoms with Crippen LogP contribution in [0.3, 0.4) is 0 Å². The van der Waals surface area contributed by atoms with Gasteiger partial charge in [0.25, 0.3) is 5.91 Å². The molecule has 0 fully saturated rings. The Morgan fingerprint density at radius 1 is 1.42 bits per heavy atom. The van der Waals surface area contributed by atoms with Gasteiger partial charge in [-0.1, -0.05) is 12.1 Å². The number of hydrogen-bond acceptors (Lipinski definition) is 3. The van der Waals surface area contributed by atoms with Crippen LogP contribution in [0, 0.1) is 12.7 Å². The smallest absolute Gasteiger partial charge is 0.274 e. The van der Waals surface area contributed by atoms with Crippen LogP contribution < -0.4 is 11.1 Å². The van der Waals surface area contributed by atoms with E-state index in [4.69, 9.17) is 5.73 Å². The third-order valence-corrected chi connectivity index (χ3v) is 2.74. The number of halogens is 1. The van der Waals surface area contributed by atoms with E-state index in [1.54, 1.807) is 25.1 Å². The highest BCUT2D eigenvalue weighted by Gasteiger charge is 2.12. The number of nitrogens with one attached hydrogen (secondary N) is 1. The fourth-order valence-corrected chi connectivity index (χ4v) is 1.69. The molecule has 3 N–H and O–H groups in total. The first-order valence-electron chi connectivity index (χ1n) is 5.83. The number of amides is 1. The van der Waals surface area contributed by atoms with Crippen molar-refractivity contribution in [2.45, 2.75) is 13.5 Å². The maximum Gasteiger partial charge on any atom is 0.274 e. The largest absolute Gasteiger partial charge is 0.326 e. The molecule has 1 aromatic heterocycles. The highest BCUT2D eigenvalue weighted by molar-refractivity contribution is 6.03. The summed E-state index contributed by atoms with van der Waals surface area (Å²) in [7, 11) is 0. The molecular formula is C14H14FN3O. The Morgan fingerprint density at radius 2 is 2.21 bits per heavy atom. The van der Waals surface area contributed by atoms with Crippen LogP contribution in [0.15, 0.2) is 36.5 Å². The van der Waals surface area contributed by atoms with Crippen molar-refractivity contribution in [3.8, 4) is 0 Å². The van der Waals surface area contributed by atoms with Gasteiger partial charge in [-0.25, -0.2) is 4.39 Å². The number of hydrogen-bond donors (Lipinski definition) is 2. The number of pyridine rings is 1. The summed E-state index contributed by atoms with van der Waals surface area (Å²) in [5, 5.41) is 2.50. The zero-order valence-electron chi connectivity index (χ0n) is 10.5. The van der Waals surface area contributed by atoms with E-state index >= 15 is 0 Å². The molecule has 1 heterocycles. The lowest BCUT2D eigenvalue weighted by molar-refractivity contribution is 0.102. The molecule has 4 nitrogen and oxygen atoms in total. The normalized spacial score (nSPS) is 10.3. The molecule has 0 aliphatic rings. The van der Waals surface area contributed by atoms with Crippen molar-refractivity contribution in [2.24, 2.45) is 5.73 Å². The van der Waals surface area contributed by atoms with Crippen LogP contribution in [0.2, 0.25) is 0 Å². The van der Waals surface area contributed by atoms with Crippen molar-refractivity contribution in [1.82, 2.24) is 4.98 Å². The molecule has 0 bridgehead atoms. The van der Waals surface area contributed by atoms with Crippen molar-refractivity contribution >= 4 is 11.6 Å². The molecule has 1 amide bonds. The number of aromatic nitrogens is 1. The average Bonchev–Trinajstić information content (AvgIpc) is 2.41. The fourth-order valence-electron chi connectivity index (χ4n) is 1.69. The molecule has 0 aliphatic carbocycles. The number of anilines is 1. The number of rotatable bonds is 3. The summed E-state index contributed by atoms with van der Waals surface area (Å²) in [4.78, 5) is 16.0. The molecule has 5 heteroatoms. The van der Waals surface area contributed by atoms with E-state index in [-0.39, 0.29) is 17.9 Å². The zero-order valence-corrected chi connectivity index (χ0v) is 10.5. The second-order valence-corrected chi connectivity index (χ2v) is 4.14. The van der Waals surface area contributed by atoms with Crippen molar-refractivity contribution in [3.05, 3.63) is 59.2 Å². The lowest BCUT2D eigenvalue weighted by atomic mass is 10.1. The predicted octanol–water partition coefficient (Wildman–Crippen LogP) is 2.24. The standard InChI is InChI=1S/C14H14FN3O/c1-9-3-2-6-17-13(9)14(19)18-12-5-4-10(8-16)7-11(12)15/h2-7H,8,16H2,1H3,(H,18,19). The van der Waals surface area contributed by atoms with Gasteiger partial charge >= 0.3 is 0 Å². The van der Waals surface area contributed by atoms with Gasteiger partial charge in [0.15, 0.2) is 0 Å². The third-order valence-electron chi connectivity index (χ3n) is 2.74. The fraction of sp³-hybridized carbons (Fsp3) is 0.143. The first-order valence-corrected chi connectivity index (χ1v) is 5.83. The molecule has 2 rings (SSSR count). The molecule has 98 valence electrons. The molecule has 0 aliphatic heterocycles. The Hall–Kier alpha value is -2.27. The van der Waals surface area contributed by atoms with Crippen LogP contribution in [0.25, 0.3) is 0 Å². The van der Waals surface area contributed by atoms with Crippen LogP contribution >= 0.6 is 0 Å². The predicted molar refractivity (Wildman–Crippen MR) is 71.2 cm³/mol. The Balaban J connectivity index is 2.22. The molecule has 0 radical (unpaired) electrons. The molecule has 0 saturated carbocycles. The number of nitrogens with zero attached hydrogens (tertiary/aromatic N) is 1. The number of benzene rings is 1. The van der Waals surface area contributed by atoms with Gasteiger partial charge in [0.2, 0.25) is 0 Å². The monoisotopic (exact) mass is 259 g/mol. The van der Waals surface area contributed by atoms with Crippen molar-refractivity contribution < 1.29 is 9.18 Å². The van der Waals surface area contributed by atoms with E-state index in [1.807, 2.05) is 0 Å². The minimum Gasteiger partial charge on any atom is -0.326 e. The molecule has 0 atom stereocenters. The Bertz CT molecular complexity index is 613. The maximum absolute atomic E-state index is 13.7. The zero-order chi connectivity index (χ0) is 13.8. The van der Waals surface area contributed by atoms with Crippen LogP contribution in [0.4, 0.5) is 10.1 Å². The SMILES string of the molecule is Cc1cccnc1C(=O)Nc1ccc(CN)cc1F. The van der Waals surface area contributed by atoms with Gasteiger partial charge in [-0.3, -0.25) is 9.78 Å². The van der Waals surface area contributed by atoms with Crippen LogP contribution in [-0.4, -0.2) is 10.9 Å². The average molecular weight is 259 g/mol. The topological polar surface area (TPSA) is 68.0 Å². The van der Waals surface area contributed by atoms with E-state index in [1.165, 1.54) is 18.3 Å². The summed E-state index contributed by atoms with van der Waals surface area (Å²) < 4.78 is 13.7. The van der Waals surface area contributed by atoms with Crippen molar-refractivity contribution in [2.75, 3.05) is 5.32 Å². The Labute approximate surface area is 110 Å². The van der Waals surface area contributed by atoms with Crippen molar-refractivity contribution in [1.29, 1.82) is 0 Å². The highest BCUT2D eigenvalue weighted by atomic mass is 19.1. The van der Waals surface area contributed by atoms with Gasteiger partial charge in [-0.2, -0.15) is 0 Å². The quantitative estimate of drug-likeness (QED) is 0.888. The second kappa shape index (κ2) is 5.58. The minimum absolute atomic E-state index is 0.118. The molecule has 2 aromatic rings. The summed E-state index contributed by atoms with van der Waals surface area (Å²) in [5.41, 5.74) is 7.22. The van der Waals surface area contributed by atoms with E-state index in [0.29, 0.717) is 5.56 Å². The molecule has 19 heavy (non-hydrogen) atoms. The number of carbonyl (C=O) groups is 1. The van der Waals surface area contributed by atoms with E-state index in [2.05, 4.69) is 10.3 Å². The van der Waals surface area contributed by atoms with Gasteiger partial charge in [0.05, 0.1) is 5.69 Å². The molecule has 0 spiro atoms. The third kappa shape index (κ3) is 2.95. The molecular weight excluding hydrogens is 245 g/mol. The van der Waals surface area contributed by atoms with Gasteiger partial charge in [-0.15, -0.1) is 0 Å². The van der Waals surface area contributed by atoms with Crippen LogP contribution in [0.1, 0.15) is 21.6 Å². The van der Waals surface area contributed by atoms with Gasteiger partial charge in [0, 0.05) is 12.7 Å². The van der Waals surface area contributed by atoms with E-state index < -0.39 is 11.7 Å². The Morgan fingerprint density at radius 3 is 2.84 bits per heavy atom. The number of nitrogens with two attached hydrogens (primary N) is 1. The summed E-state index contributed by atoms with van der Waals surface area (Å²) in [6.45, 7) is 2.03. The number of aryl methyl sites for hydroxylation is 1. The summed E-state index contributed by atoms with van der Waals surface area (Å²) in [5.74, 6) is -0.942. The minimum atomic E-state index is -0.509. The first-order chi connectivity index (χ1) is 9.11. The summed E-state index contributed by atoms with van der Waals surface area (Å²) in [6.07, 6.45) is 1.52. The van der Waals surface area contributed by atoms with Gasteiger partial charge in [0.1, 0.15) is 11.5 Å². The Kier molecular flexibility index (Phi) is 3.87. The van der Waals surface area contributed by atoms with Crippen LogP contribution in [-0.2, 0) is 6.54 Å². The van der Waals surface area contributed by atoms with Crippen molar-refractivity contribution in [3.63, 3.8) is 0 Å². The van der Waals surface area contributed by atoms with Gasteiger partial charge < -0.3 is 11.1 Å². The second-order valence-electron chi connectivity index (χ2n) is 4.14. The lowest BCUT2D eigenvalue weighted by Crippen LogP contribution is -2.16. The molecule has 0 unspecified atom stereocenters. The van der Waals surface area contributed by atoms with E-state index in [9.17, 15) is 9.18 Å². The molecule has 1 aromatic carbocycles. The maximum atomic E-state index is 13.7. The first kappa shape index (κ1) is 13.2. The summed E-state index contributed by atoms with van der Waals surface area (Å²) >= 11 is 0.